The number of likely N-dealkylation sites (tertiary alicyclic amines) is 1. The molecule has 160 valence electrons. The van der Waals surface area contributed by atoms with Crippen molar-refractivity contribution in [3.05, 3.63) is 35.9 Å². The van der Waals surface area contributed by atoms with Crippen LogP contribution in [0.5, 0.6) is 0 Å². The summed E-state index contributed by atoms with van der Waals surface area (Å²) in [5, 5.41) is 9.86. The average Bonchev–Trinajstić information content (AvgIpc) is 3.45. The van der Waals surface area contributed by atoms with Crippen molar-refractivity contribution in [2.24, 2.45) is 10.9 Å². The van der Waals surface area contributed by atoms with Crippen LogP contribution in [0.25, 0.3) is 0 Å². The van der Waals surface area contributed by atoms with Gasteiger partial charge in [0.05, 0.1) is 18.7 Å². The lowest BCUT2D eigenvalue weighted by atomic mass is 10.1. The Bertz CT molecular complexity index is 656. The van der Waals surface area contributed by atoms with Gasteiger partial charge in [-0.25, -0.2) is 4.79 Å². The first-order valence-electron chi connectivity index (χ1n) is 10.9. The zero-order valence-corrected chi connectivity index (χ0v) is 17.7. The molecule has 0 aromatic heterocycles. The van der Waals surface area contributed by atoms with E-state index in [0.29, 0.717) is 25.1 Å². The van der Waals surface area contributed by atoms with E-state index in [-0.39, 0.29) is 12.1 Å². The van der Waals surface area contributed by atoms with E-state index in [2.05, 4.69) is 56.2 Å². The monoisotopic (exact) mass is 401 g/mol. The molecule has 0 spiro atoms. The van der Waals surface area contributed by atoms with E-state index >= 15 is 0 Å². The molecule has 29 heavy (non-hydrogen) atoms. The summed E-state index contributed by atoms with van der Waals surface area (Å²) in [7, 11) is 1.79. The fourth-order valence-electron chi connectivity index (χ4n) is 3.97. The third-order valence-corrected chi connectivity index (χ3v) is 5.71. The van der Waals surface area contributed by atoms with Gasteiger partial charge in [0, 0.05) is 20.1 Å². The van der Waals surface area contributed by atoms with E-state index in [0.717, 1.165) is 38.4 Å². The van der Waals surface area contributed by atoms with Crippen LogP contribution in [0, 0.1) is 5.92 Å². The number of hydrogen-bond donors (Lipinski definition) is 3. The molecule has 0 radical (unpaired) electrons. The Hall–Kier alpha value is -2.28. The Morgan fingerprint density at radius 1 is 1.17 bits per heavy atom. The Morgan fingerprint density at radius 3 is 2.48 bits per heavy atom. The van der Waals surface area contributed by atoms with Crippen molar-refractivity contribution in [1.29, 1.82) is 0 Å². The van der Waals surface area contributed by atoms with Gasteiger partial charge in [0.25, 0.3) is 0 Å². The molecule has 1 amide bonds. The maximum Gasteiger partial charge on any atom is 0.407 e. The number of nitrogens with one attached hydrogen (secondary N) is 3. The molecule has 3 rings (SSSR count). The summed E-state index contributed by atoms with van der Waals surface area (Å²) < 4.78 is 5.04. The highest BCUT2D eigenvalue weighted by atomic mass is 16.5. The zero-order chi connectivity index (χ0) is 20.5. The summed E-state index contributed by atoms with van der Waals surface area (Å²) in [5.74, 6) is 1.29. The molecule has 1 aromatic rings. The molecular formula is C22H35N5O2. The summed E-state index contributed by atoms with van der Waals surface area (Å²) in [6.45, 7) is 5.92. The molecule has 1 aliphatic carbocycles. The number of alkyl carbamates (subject to hydrolysis) is 1. The summed E-state index contributed by atoms with van der Waals surface area (Å²) in [5.41, 5.74) is 1.33. The van der Waals surface area contributed by atoms with Crippen LogP contribution in [0.2, 0.25) is 0 Å². The van der Waals surface area contributed by atoms with Crippen molar-refractivity contribution in [2.45, 2.75) is 44.7 Å². The van der Waals surface area contributed by atoms with Crippen LogP contribution >= 0.6 is 0 Å². The summed E-state index contributed by atoms with van der Waals surface area (Å²) in [4.78, 5) is 18.7. The maximum atomic E-state index is 11.8. The van der Waals surface area contributed by atoms with Crippen LogP contribution in [-0.2, 0) is 4.74 Å². The molecule has 1 saturated carbocycles. The fourth-order valence-corrected chi connectivity index (χ4v) is 3.97. The van der Waals surface area contributed by atoms with E-state index in [4.69, 9.17) is 4.74 Å². The molecule has 7 heteroatoms. The number of amides is 1. The highest BCUT2D eigenvalue weighted by molar-refractivity contribution is 5.79. The van der Waals surface area contributed by atoms with E-state index in [1.807, 2.05) is 6.92 Å². The van der Waals surface area contributed by atoms with Gasteiger partial charge < -0.3 is 20.7 Å². The van der Waals surface area contributed by atoms with Crippen molar-refractivity contribution >= 4 is 12.1 Å². The normalized spacial score (nSPS) is 19.4. The maximum absolute atomic E-state index is 11.8. The predicted molar refractivity (Wildman–Crippen MR) is 116 cm³/mol. The minimum atomic E-state index is -0.340. The average molecular weight is 402 g/mol. The zero-order valence-electron chi connectivity index (χ0n) is 17.7. The van der Waals surface area contributed by atoms with E-state index in [1.54, 1.807) is 7.05 Å². The molecule has 2 unspecified atom stereocenters. The van der Waals surface area contributed by atoms with Gasteiger partial charge in [-0.2, -0.15) is 0 Å². The van der Waals surface area contributed by atoms with Gasteiger partial charge in [-0.15, -0.1) is 0 Å². The lowest BCUT2D eigenvalue weighted by molar-refractivity contribution is 0.146. The first kappa shape index (κ1) is 21.4. The minimum absolute atomic E-state index is 0.0658. The van der Waals surface area contributed by atoms with Gasteiger partial charge >= 0.3 is 6.09 Å². The molecule has 2 fully saturated rings. The van der Waals surface area contributed by atoms with Crippen LogP contribution in [0.1, 0.15) is 44.2 Å². The van der Waals surface area contributed by atoms with Crippen molar-refractivity contribution in [3.63, 3.8) is 0 Å². The molecule has 3 N–H and O–H groups in total. The minimum Gasteiger partial charge on any atom is -0.450 e. The van der Waals surface area contributed by atoms with Crippen molar-refractivity contribution < 1.29 is 9.53 Å². The van der Waals surface area contributed by atoms with Gasteiger partial charge in [0.1, 0.15) is 0 Å². The van der Waals surface area contributed by atoms with Crippen LogP contribution in [0.4, 0.5) is 4.79 Å². The van der Waals surface area contributed by atoms with E-state index in [1.165, 1.54) is 18.4 Å². The number of aliphatic imine (C=N–C) groups is 1. The molecule has 2 atom stereocenters. The lowest BCUT2D eigenvalue weighted by Crippen LogP contribution is -2.49. The molecular weight excluding hydrogens is 366 g/mol. The molecule has 7 nitrogen and oxygen atoms in total. The highest BCUT2D eigenvalue weighted by Crippen LogP contribution is 2.32. The number of nitrogens with zero attached hydrogens (tertiary/aromatic N) is 2. The summed E-state index contributed by atoms with van der Waals surface area (Å²) in [6, 6.07) is 11.1. The number of rotatable bonds is 9. The van der Waals surface area contributed by atoms with Crippen LogP contribution in [0.15, 0.2) is 35.3 Å². The number of carbonyl (C=O) groups excluding carboxylic acids is 1. The van der Waals surface area contributed by atoms with Gasteiger partial charge in [0.15, 0.2) is 5.96 Å². The molecule has 2 aliphatic rings. The topological polar surface area (TPSA) is 78.0 Å². The first-order valence-corrected chi connectivity index (χ1v) is 10.9. The summed E-state index contributed by atoms with van der Waals surface area (Å²) >= 11 is 0. The van der Waals surface area contributed by atoms with Crippen LogP contribution in [-0.4, -0.2) is 62.8 Å². The lowest BCUT2D eigenvalue weighted by Gasteiger charge is -2.29. The molecule has 1 aliphatic heterocycles. The van der Waals surface area contributed by atoms with Gasteiger partial charge in [-0.05, 0) is 57.2 Å². The largest absolute Gasteiger partial charge is 0.450 e. The number of hydrogen-bond acceptors (Lipinski definition) is 4. The number of carbonyl (C=O) groups is 1. The number of guanidine groups is 1. The quantitative estimate of drug-likeness (QED) is 0.438. The predicted octanol–water partition coefficient (Wildman–Crippen LogP) is 2.51. The van der Waals surface area contributed by atoms with Crippen molar-refractivity contribution in [3.8, 4) is 0 Å². The second kappa shape index (κ2) is 11.0. The Kier molecular flexibility index (Phi) is 8.16. The van der Waals surface area contributed by atoms with Gasteiger partial charge in [-0.1, -0.05) is 30.3 Å². The Balaban J connectivity index is 1.53. The number of benzene rings is 1. The van der Waals surface area contributed by atoms with Crippen LogP contribution < -0.4 is 16.0 Å². The van der Waals surface area contributed by atoms with Gasteiger partial charge in [0.2, 0.25) is 0 Å². The smallest absolute Gasteiger partial charge is 0.407 e. The van der Waals surface area contributed by atoms with E-state index in [9.17, 15) is 4.79 Å². The standard InChI is InChI=1S/C22H35N5O2/c1-3-29-22(28)26-19(17-11-12-17)15-24-21(23-2)25-16-20(27-13-7-8-14-27)18-9-5-4-6-10-18/h4-6,9-10,17,19-20H,3,7-8,11-16H2,1-2H3,(H,26,28)(H2,23,24,25). The third-order valence-electron chi connectivity index (χ3n) is 5.71. The molecule has 1 heterocycles. The van der Waals surface area contributed by atoms with E-state index < -0.39 is 0 Å². The second-order valence-corrected chi connectivity index (χ2v) is 7.81. The summed E-state index contributed by atoms with van der Waals surface area (Å²) in [6.07, 6.45) is 4.48. The fraction of sp³-hybridized carbons (Fsp3) is 0.636. The number of ether oxygens (including phenoxy) is 1. The second-order valence-electron chi connectivity index (χ2n) is 7.81. The SMILES string of the molecule is CCOC(=O)NC(CNC(=NC)NCC(c1ccccc1)N1CCCC1)C1CC1. The van der Waals surface area contributed by atoms with Crippen molar-refractivity contribution in [1.82, 2.24) is 20.9 Å². The first-order chi connectivity index (χ1) is 14.2. The molecule has 1 saturated heterocycles. The molecule has 0 bridgehead atoms. The van der Waals surface area contributed by atoms with Gasteiger partial charge in [-0.3, -0.25) is 9.89 Å². The van der Waals surface area contributed by atoms with Crippen LogP contribution in [0.3, 0.4) is 0 Å². The van der Waals surface area contributed by atoms with Crippen molar-refractivity contribution in [2.75, 3.05) is 39.8 Å². The third kappa shape index (κ3) is 6.63. The Labute approximate surface area is 174 Å². The molecule has 1 aromatic carbocycles. The highest BCUT2D eigenvalue weighted by Gasteiger charge is 2.32. The Morgan fingerprint density at radius 2 is 1.86 bits per heavy atom.